The summed E-state index contributed by atoms with van der Waals surface area (Å²) in [5.41, 5.74) is 3.46. The number of carbonyl (C=O) groups excluding carboxylic acids is 1. The first-order valence-electron chi connectivity index (χ1n) is 9.26. The number of Topliss-reactive ketones (excluding diaryl/α,β-unsaturated/α-hetero) is 1. The lowest BCUT2D eigenvalue weighted by molar-refractivity contribution is -0.120. The van der Waals surface area contributed by atoms with Crippen LogP contribution in [-0.2, 0) is 23.0 Å². The van der Waals surface area contributed by atoms with E-state index in [-0.39, 0.29) is 5.78 Å². The van der Waals surface area contributed by atoms with Gasteiger partial charge >= 0.3 is 0 Å². The molecule has 5 heterocycles. The average molecular weight is 363 g/mol. The molecule has 27 heavy (non-hydrogen) atoms. The van der Waals surface area contributed by atoms with Gasteiger partial charge in [-0.15, -0.1) is 0 Å². The summed E-state index contributed by atoms with van der Waals surface area (Å²) in [6.45, 7) is 2.11. The Balaban J connectivity index is 1.33. The zero-order valence-electron chi connectivity index (χ0n) is 15.2. The molecule has 2 fully saturated rings. The van der Waals surface area contributed by atoms with Crippen molar-refractivity contribution in [3.05, 3.63) is 42.5 Å². The van der Waals surface area contributed by atoms with E-state index in [1.54, 1.807) is 17.1 Å². The van der Waals surface area contributed by atoms with E-state index in [4.69, 9.17) is 9.72 Å². The fourth-order valence-electron chi connectivity index (χ4n) is 4.03. The summed E-state index contributed by atoms with van der Waals surface area (Å²) >= 11 is 0. The molecule has 0 aliphatic carbocycles. The van der Waals surface area contributed by atoms with Gasteiger partial charge in [-0.05, 0) is 24.6 Å². The third-order valence-electron chi connectivity index (χ3n) is 5.40. The van der Waals surface area contributed by atoms with Crippen molar-refractivity contribution < 1.29 is 9.53 Å². The van der Waals surface area contributed by atoms with E-state index in [1.807, 2.05) is 31.4 Å². The van der Waals surface area contributed by atoms with Crippen molar-refractivity contribution in [3.8, 4) is 11.3 Å². The molecule has 3 aromatic rings. The third kappa shape index (κ3) is 3.24. The minimum Gasteiger partial charge on any atom is -0.375 e. The molecule has 7 heteroatoms. The number of hydrogen-bond acceptors (Lipinski definition) is 6. The van der Waals surface area contributed by atoms with Crippen LogP contribution in [0.15, 0.2) is 36.8 Å². The van der Waals surface area contributed by atoms with Gasteiger partial charge < -0.3 is 4.74 Å². The molecule has 0 unspecified atom stereocenters. The molecule has 2 atom stereocenters. The summed E-state index contributed by atoms with van der Waals surface area (Å²) in [6.07, 6.45) is 7.24. The Bertz CT molecular complexity index is 1010. The Hall–Kier alpha value is -2.64. The van der Waals surface area contributed by atoms with E-state index in [0.717, 1.165) is 47.4 Å². The second kappa shape index (κ2) is 6.51. The van der Waals surface area contributed by atoms with Crippen LogP contribution in [0.1, 0.15) is 12.1 Å². The van der Waals surface area contributed by atoms with Crippen LogP contribution in [0, 0.1) is 0 Å². The van der Waals surface area contributed by atoms with Gasteiger partial charge in [0.2, 0.25) is 0 Å². The van der Waals surface area contributed by atoms with E-state index in [9.17, 15) is 4.79 Å². The number of nitrogens with zero attached hydrogens (tertiary/aromatic N) is 5. The van der Waals surface area contributed by atoms with Gasteiger partial charge in [-0.2, -0.15) is 5.10 Å². The molecule has 0 radical (unpaired) electrons. The van der Waals surface area contributed by atoms with Crippen LogP contribution in [0.2, 0.25) is 0 Å². The zero-order valence-corrected chi connectivity index (χ0v) is 15.2. The highest BCUT2D eigenvalue weighted by molar-refractivity contribution is 5.85. The molecule has 2 saturated heterocycles. The Morgan fingerprint density at radius 3 is 3.00 bits per heavy atom. The van der Waals surface area contributed by atoms with Gasteiger partial charge in [0.05, 0.1) is 43.1 Å². The van der Waals surface area contributed by atoms with Crippen molar-refractivity contribution in [2.75, 3.05) is 19.7 Å². The van der Waals surface area contributed by atoms with Crippen molar-refractivity contribution in [2.45, 2.75) is 25.0 Å². The molecular formula is C20H21N5O2. The van der Waals surface area contributed by atoms with Gasteiger partial charge in [0.15, 0.2) is 5.78 Å². The van der Waals surface area contributed by atoms with Gasteiger partial charge in [-0.3, -0.25) is 19.4 Å². The Morgan fingerprint density at radius 2 is 2.26 bits per heavy atom. The van der Waals surface area contributed by atoms with Crippen molar-refractivity contribution in [2.24, 2.45) is 7.05 Å². The molecule has 0 N–H and O–H groups in total. The van der Waals surface area contributed by atoms with Gasteiger partial charge in [0, 0.05) is 48.7 Å². The summed E-state index contributed by atoms with van der Waals surface area (Å²) in [5, 5.41) is 5.17. The number of aryl methyl sites for hydroxylation is 1. The van der Waals surface area contributed by atoms with Gasteiger partial charge in [-0.1, -0.05) is 0 Å². The first-order valence-corrected chi connectivity index (χ1v) is 9.26. The van der Waals surface area contributed by atoms with Crippen LogP contribution < -0.4 is 0 Å². The van der Waals surface area contributed by atoms with Crippen LogP contribution in [-0.4, -0.2) is 62.3 Å². The number of carbonyl (C=O) groups is 1. The van der Waals surface area contributed by atoms with E-state index >= 15 is 0 Å². The van der Waals surface area contributed by atoms with Gasteiger partial charge in [-0.25, -0.2) is 4.98 Å². The smallest absolute Gasteiger partial charge is 0.152 e. The lowest BCUT2D eigenvalue weighted by atomic mass is 10.1. The molecule has 0 saturated carbocycles. The number of rotatable bonds is 5. The highest BCUT2D eigenvalue weighted by Crippen LogP contribution is 2.27. The number of hydrogen-bond donors (Lipinski definition) is 0. The average Bonchev–Trinajstić information content (AvgIpc) is 3.38. The van der Waals surface area contributed by atoms with Crippen LogP contribution in [0.4, 0.5) is 0 Å². The first kappa shape index (κ1) is 16.5. The minimum atomic E-state index is 0.192. The zero-order chi connectivity index (χ0) is 18.4. The molecule has 138 valence electrons. The van der Waals surface area contributed by atoms with E-state index in [0.29, 0.717) is 25.1 Å². The molecule has 0 spiro atoms. The topological polar surface area (TPSA) is 73.1 Å². The quantitative estimate of drug-likeness (QED) is 0.686. The number of fused-ring (bicyclic) bond motifs is 3. The highest BCUT2D eigenvalue weighted by Gasteiger charge is 2.39. The Labute approximate surface area is 157 Å². The van der Waals surface area contributed by atoms with E-state index in [2.05, 4.69) is 15.0 Å². The molecule has 2 aliphatic rings. The molecule has 2 aliphatic heterocycles. The molecule has 0 aromatic carbocycles. The van der Waals surface area contributed by atoms with Crippen LogP contribution >= 0.6 is 0 Å². The second-order valence-electron chi connectivity index (χ2n) is 7.46. The predicted molar refractivity (Wildman–Crippen MR) is 100 cm³/mol. The van der Waals surface area contributed by atoms with E-state index in [1.165, 1.54) is 0 Å². The molecular weight excluding hydrogens is 342 g/mol. The van der Waals surface area contributed by atoms with Crippen molar-refractivity contribution in [1.29, 1.82) is 0 Å². The number of aromatic nitrogens is 4. The predicted octanol–water partition coefficient (Wildman–Crippen LogP) is 1.61. The number of pyridine rings is 2. The number of ether oxygens (including phenoxy) is 1. The minimum absolute atomic E-state index is 0.192. The molecule has 7 nitrogen and oxygen atoms in total. The van der Waals surface area contributed by atoms with Crippen molar-refractivity contribution in [1.82, 2.24) is 24.6 Å². The number of ketones is 1. The highest BCUT2D eigenvalue weighted by atomic mass is 16.5. The van der Waals surface area contributed by atoms with E-state index < -0.39 is 0 Å². The summed E-state index contributed by atoms with van der Waals surface area (Å²) < 4.78 is 7.36. The lowest BCUT2D eigenvalue weighted by Gasteiger charge is -2.25. The Kier molecular flexibility index (Phi) is 3.98. The monoisotopic (exact) mass is 363 g/mol. The summed E-state index contributed by atoms with van der Waals surface area (Å²) in [4.78, 5) is 23.9. The van der Waals surface area contributed by atoms with Gasteiger partial charge in [0.25, 0.3) is 0 Å². The summed E-state index contributed by atoms with van der Waals surface area (Å²) in [7, 11) is 1.89. The van der Waals surface area contributed by atoms with Crippen molar-refractivity contribution in [3.63, 3.8) is 0 Å². The van der Waals surface area contributed by atoms with Crippen LogP contribution in [0.5, 0.6) is 0 Å². The van der Waals surface area contributed by atoms with Crippen molar-refractivity contribution >= 4 is 16.7 Å². The summed E-state index contributed by atoms with van der Waals surface area (Å²) in [5.74, 6) is 0.192. The van der Waals surface area contributed by atoms with Crippen LogP contribution in [0.25, 0.3) is 22.2 Å². The normalized spacial score (nSPS) is 22.0. The number of morpholine rings is 1. The Morgan fingerprint density at radius 1 is 1.33 bits per heavy atom. The second-order valence-corrected chi connectivity index (χ2v) is 7.46. The molecule has 5 rings (SSSR count). The first-order chi connectivity index (χ1) is 13.1. The number of likely N-dealkylation sites (tertiary alicyclic amines) is 1. The standard InChI is InChI=1S/C20H21N5O2/c1-24-9-14(8-22-24)19-3-2-13-7-21-15(5-20(13)23-19)4-17(26)10-25-11-18-6-16(25)12-27-18/h2-3,5,7-9,16,18H,4,6,10-12H2,1H3/t16-,18-/m1/s1. The molecule has 2 bridgehead atoms. The molecule has 3 aromatic heterocycles. The maximum atomic E-state index is 12.5. The van der Waals surface area contributed by atoms with Crippen LogP contribution in [0.3, 0.4) is 0 Å². The maximum Gasteiger partial charge on any atom is 0.152 e. The summed E-state index contributed by atoms with van der Waals surface area (Å²) in [6, 6.07) is 6.31. The van der Waals surface area contributed by atoms with Gasteiger partial charge in [0.1, 0.15) is 0 Å². The fourth-order valence-corrected chi connectivity index (χ4v) is 4.03. The lowest BCUT2D eigenvalue weighted by Crippen LogP contribution is -2.40. The third-order valence-corrected chi connectivity index (χ3v) is 5.40. The SMILES string of the molecule is Cn1cc(-c2ccc3cnc(CC(=O)CN4C[C@H]5C[C@@H]4CO5)cc3n2)cn1. The fraction of sp³-hybridized carbons (Fsp3) is 0.400. The largest absolute Gasteiger partial charge is 0.375 e. The maximum absolute atomic E-state index is 12.5. The molecule has 0 amide bonds.